The van der Waals surface area contributed by atoms with E-state index in [1.54, 1.807) is 0 Å². The Balaban J connectivity index is -0.0000000251. The second-order valence-electron chi connectivity index (χ2n) is 3.32. The van der Waals surface area contributed by atoms with Crippen LogP contribution in [-0.2, 0) is 48.5 Å². The summed E-state index contributed by atoms with van der Waals surface area (Å²) in [6.07, 6.45) is 0. The van der Waals surface area contributed by atoms with Crippen LogP contribution in [0.4, 0.5) is 0 Å². The minimum absolute atomic E-state index is 0. The van der Waals surface area contributed by atoms with E-state index in [1.165, 1.54) is 0 Å². The van der Waals surface area contributed by atoms with E-state index in [4.69, 9.17) is 30.0 Å². The number of aliphatic hydroxyl groups excluding tert-OH is 2. The summed E-state index contributed by atoms with van der Waals surface area (Å²) < 4.78 is 0. The molecule has 0 aliphatic carbocycles. The number of aliphatic carboxylic acids is 2. The maximum atomic E-state index is 9.00. The van der Waals surface area contributed by atoms with Crippen molar-refractivity contribution in [2.75, 3.05) is 14.2 Å². The van der Waals surface area contributed by atoms with Crippen molar-refractivity contribution in [3.05, 3.63) is 87.6 Å². The van der Waals surface area contributed by atoms with Gasteiger partial charge in [0.1, 0.15) is 0 Å². The average molecular weight is 605 g/mol. The fraction of sp³-hybridized carbons (Fsp3) is 0.273. The van der Waals surface area contributed by atoms with Gasteiger partial charge in [0.25, 0.3) is 5.97 Å². The van der Waals surface area contributed by atoms with E-state index in [9.17, 15) is 0 Å². The van der Waals surface area contributed by atoms with Gasteiger partial charge in [0.2, 0.25) is 0 Å². The van der Waals surface area contributed by atoms with Crippen LogP contribution in [0.25, 0.3) is 0 Å². The molecule has 0 amide bonds. The zero-order chi connectivity index (χ0) is 21.6. The Morgan fingerprint density at radius 2 is 0.600 bits per heavy atom. The number of rotatable bonds is 0. The molecule has 0 bridgehead atoms. The van der Waals surface area contributed by atoms with Gasteiger partial charge in [-0.05, 0) is 6.92 Å². The first kappa shape index (κ1) is 56.7. The number of carbonyl (C=O) groups is 2. The molecular formula is C22H39O6Rh2-3. The molecule has 0 fully saturated rings. The van der Waals surface area contributed by atoms with E-state index >= 15 is 0 Å². The number of carboxylic acid groups (broad SMARTS) is 2. The van der Waals surface area contributed by atoms with Gasteiger partial charge in [-0.1, -0.05) is 86.6 Å². The third kappa shape index (κ3) is 156. The summed E-state index contributed by atoms with van der Waals surface area (Å²) in [5.41, 5.74) is 0. The van der Waals surface area contributed by atoms with Crippen LogP contribution in [0.5, 0.6) is 0 Å². The molecule has 0 aromatic heterocycles. The number of carboxylic acids is 2. The van der Waals surface area contributed by atoms with E-state index in [0.29, 0.717) is 0 Å². The van der Waals surface area contributed by atoms with Crippen molar-refractivity contribution in [2.45, 2.75) is 27.7 Å². The molecule has 3 N–H and O–H groups in total. The number of hydrogen-bond acceptors (Lipinski definition) is 5. The molecule has 0 aliphatic heterocycles. The predicted molar refractivity (Wildman–Crippen MR) is 117 cm³/mol. The molecule has 2 aromatic rings. The molecule has 0 unspecified atom stereocenters. The first-order valence-electron chi connectivity index (χ1n) is 7.73. The summed E-state index contributed by atoms with van der Waals surface area (Å²) in [6, 6.07) is 24.0. The molecule has 8 heteroatoms. The molecule has 0 atom stereocenters. The minimum Gasteiger partial charge on any atom is -0.550 e. The Morgan fingerprint density at radius 3 is 0.633 bits per heavy atom. The van der Waals surface area contributed by atoms with Crippen LogP contribution in [0.15, 0.2) is 72.8 Å². The molecule has 2 rings (SSSR count). The second kappa shape index (κ2) is 70.9. The van der Waals surface area contributed by atoms with Crippen LogP contribution >= 0.6 is 0 Å². The fourth-order valence-electron chi connectivity index (χ4n) is 0.770. The molecule has 0 saturated heterocycles. The van der Waals surface area contributed by atoms with Crippen molar-refractivity contribution in [3.8, 4) is 0 Å². The molecular weight excluding hydrogens is 566 g/mol. The zero-order valence-corrected chi connectivity index (χ0v) is 22.4. The van der Waals surface area contributed by atoms with Crippen LogP contribution in [0, 0.1) is 14.9 Å². The topological polar surface area (TPSA) is 118 Å². The van der Waals surface area contributed by atoms with E-state index in [-0.39, 0.29) is 53.8 Å². The fourth-order valence-corrected chi connectivity index (χ4v) is 0.770. The quantitative estimate of drug-likeness (QED) is 0.313. The van der Waals surface area contributed by atoms with Gasteiger partial charge in [-0.3, -0.25) is 4.79 Å². The van der Waals surface area contributed by atoms with Crippen LogP contribution in [0.3, 0.4) is 0 Å². The summed E-state index contributed by atoms with van der Waals surface area (Å²) in [5, 5.41) is 30.3. The number of benzene rings is 2. The predicted octanol–water partition coefficient (Wildman–Crippen LogP) is 3.36. The monoisotopic (exact) mass is 605 g/mol. The maximum absolute atomic E-state index is 9.00. The van der Waals surface area contributed by atoms with Crippen LogP contribution < -0.4 is 5.11 Å². The standard InChI is InChI=1S/2C6H6.2C2H4O2.C2H6.2CH4O.2CH3.2Rh/c2*1-2-4-6-5-3-1;2*1-2(3)4;3*1-2;;;;/h2*1-6H;2*1H3,(H,3,4);1-2H3;2*2H,1H3;2*1H3;;/q;;;;;;;2*-1;;/p-1. The molecule has 0 saturated carbocycles. The number of hydrogen-bond donors (Lipinski definition) is 3. The number of aliphatic hydroxyl groups is 2. The molecule has 0 spiro atoms. The summed E-state index contributed by atoms with van der Waals surface area (Å²) >= 11 is 0. The Bertz CT molecular complexity index is 339. The van der Waals surface area contributed by atoms with E-state index in [1.807, 2.05) is 86.6 Å². The van der Waals surface area contributed by atoms with Crippen molar-refractivity contribution in [1.29, 1.82) is 0 Å². The summed E-state index contributed by atoms with van der Waals surface area (Å²) in [4.78, 5) is 17.9. The molecule has 30 heavy (non-hydrogen) atoms. The second-order valence-corrected chi connectivity index (χ2v) is 3.32. The van der Waals surface area contributed by atoms with Gasteiger partial charge in [-0.15, -0.1) is 0 Å². The summed E-state index contributed by atoms with van der Waals surface area (Å²) in [5.74, 6) is -1.92. The molecule has 0 aliphatic rings. The van der Waals surface area contributed by atoms with Gasteiger partial charge in [-0.2, -0.15) is 0 Å². The van der Waals surface area contributed by atoms with Gasteiger partial charge in [0.05, 0.1) is 0 Å². The molecule has 6 nitrogen and oxygen atoms in total. The minimum atomic E-state index is -1.08. The first-order valence-corrected chi connectivity index (χ1v) is 7.73. The summed E-state index contributed by atoms with van der Waals surface area (Å²) in [7, 11) is 2.00. The summed E-state index contributed by atoms with van der Waals surface area (Å²) in [6.45, 7) is 6.06. The Morgan fingerprint density at radius 1 is 0.567 bits per heavy atom. The van der Waals surface area contributed by atoms with Gasteiger partial charge < -0.3 is 40.1 Å². The molecule has 0 heterocycles. The maximum Gasteiger partial charge on any atom is 0.300 e. The molecule has 2 radical (unpaired) electrons. The van der Waals surface area contributed by atoms with Crippen molar-refractivity contribution >= 4 is 11.9 Å². The van der Waals surface area contributed by atoms with Crippen LogP contribution in [0.2, 0.25) is 0 Å². The Kier molecular flexibility index (Phi) is 134. The van der Waals surface area contributed by atoms with Gasteiger partial charge in [0.15, 0.2) is 0 Å². The zero-order valence-electron chi connectivity index (χ0n) is 19.2. The van der Waals surface area contributed by atoms with Crippen molar-refractivity contribution in [1.82, 2.24) is 0 Å². The smallest absolute Gasteiger partial charge is 0.300 e. The van der Waals surface area contributed by atoms with E-state index in [2.05, 4.69) is 0 Å². The van der Waals surface area contributed by atoms with E-state index < -0.39 is 11.9 Å². The average Bonchev–Trinajstić information content (AvgIpc) is 2.69. The van der Waals surface area contributed by atoms with Crippen LogP contribution in [-0.4, -0.2) is 41.5 Å². The van der Waals surface area contributed by atoms with Gasteiger partial charge in [-0.25, -0.2) is 0 Å². The molecule has 184 valence electrons. The van der Waals surface area contributed by atoms with Crippen LogP contribution in [0.1, 0.15) is 27.7 Å². The third-order valence-electron chi connectivity index (χ3n) is 1.33. The SMILES string of the molecule is CC.CC(=O)O.CC(=O)[O-].CO.CO.[CH3-].[CH3-].[Rh].[Rh].c1ccccc1.c1ccccc1. The van der Waals surface area contributed by atoms with Crippen molar-refractivity contribution in [3.63, 3.8) is 0 Å². The van der Waals surface area contributed by atoms with Crippen molar-refractivity contribution in [2.24, 2.45) is 0 Å². The molecule has 2 aromatic carbocycles. The largest absolute Gasteiger partial charge is 0.550 e. The van der Waals surface area contributed by atoms with Crippen molar-refractivity contribution < 1.29 is 69.0 Å². The first-order chi connectivity index (χ1) is 12.5. The Labute approximate surface area is 209 Å². The normalized spacial score (nSPS) is 5.47. The third-order valence-corrected chi connectivity index (χ3v) is 1.33. The van der Waals surface area contributed by atoms with E-state index in [0.717, 1.165) is 28.1 Å². The van der Waals surface area contributed by atoms with Gasteiger partial charge in [0, 0.05) is 66.1 Å². The van der Waals surface area contributed by atoms with Gasteiger partial charge >= 0.3 is 0 Å². The number of carbonyl (C=O) groups excluding carboxylic acids is 1. The Hall–Kier alpha value is -1.45.